The van der Waals surface area contributed by atoms with Crippen molar-refractivity contribution in [1.82, 2.24) is 0 Å². The third-order valence-corrected chi connectivity index (χ3v) is 7.58. The molecular formula is C27H32F4O3. The van der Waals surface area contributed by atoms with Gasteiger partial charge in [-0.2, -0.15) is 8.78 Å². The van der Waals surface area contributed by atoms with Crippen LogP contribution in [-0.4, -0.2) is 26.9 Å². The van der Waals surface area contributed by atoms with E-state index in [9.17, 15) is 17.6 Å². The van der Waals surface area contributed by atoms with Crippen molar-refractivity contribution in [2.24, 2.45) is 5.92 Å². The summed E-state index contributed by atoms with van der Waals surface area (Å²) in [4.78, 5) is 0. The van der Waals surface area contributed by atoms with Gasteiger partial charge in [0.15, 0.2) is 23.1 Å². The van der Waals surface area contributed by atoms with E-state index in [2.05, 4.69) is 0 Å². The topological polar surface area (TPSA) is 27.7 Å². The van der Waals surface area contributed by atoms with Gasteiger partial charge in [0.05, 0.1) is 19.8 Å². The third kappa shape index (κ3) is 5.19. The molecule has 2 fully saturated rings. The van der Waals surface area contributed by atoms with Gasteiger partial charge < -0.3 is 14.2 Å². The summed E-state index contributed by atoms with van der Waals surface area (Å²) in [6.07, 6.45) is 6.26. The Balaban J connectivity index is 1.32. The molecule has 0 aromatic heterocycles. The summed E-state index contributed by atoms with van der Waals surface area (Å²) in [5, 5.41) is 0. The Bertz CT molecular complexity index is 980. The lowest BCUT2D eigenvalue weighted by Gasteiger charge is -2.29. The minimum Gasteiger partial charge on any atom is -0.494 e. The Morgan fingerprint density at radius 2 is 1.15 bits per heavy atom. The van der Waals surface area contributed by atoms with Crippen LogP contribution in [0.2, 0.25) is 0 Å². The van der Waals surface area contributed by atoms with Crippen molar-refractivity contribution < 1.29 is 31.8 Å². The Kier molecular flexibility index (Phi) is 8.02. The zero-order valence-electron chi connectivity index (χ0n) is 19.7. The van der Waals surface area contributed by atoms with Crippen molar-refractivity contribution in [3.63, 3.8) is 0 Å². The van der Waals surface area contributed by atoms with Gasteiger partial charge in [0.25, 0.3) is 0 Å². The summed E-state index contributed by atoms with van der Waals surface area (Å²) in [6, 6.07) is 6.20. The normalized spacial score (nSPS) is 25.2. The fourth-order valence-electron chi connectivity index (χ4n) is 5.45. The van der Waals surface area contributed by atoms with Crippen LogP contribution in [0, 0.1) is 29.2 Å². The molecule has 2 aliphatic rings. The molecule has 0 heterocycles. The Labute approximate surface area is 198 Å². The number of hydrogen-bond acceptors (Lipinski definition) is 3. The zero-order chi connectivity index (χ0) is 24.2. The predicted octanol–water partition coefficient (Wildman–Crippen LogP) is 7.28. The highest BCUT2D eigenvalue weighted by molar-refractivity contribution is 5.34. The smallest absolute Gasteiger partial charge is 0.200 e. The van der Waals surface area contributed by atoms with Crippen molar-refractivity contribution in [2.45, 2.75) is 69.3 Å². The lowest BCUT2D eigenvalue weighted by molar-refractivity contribution is 0.0654. The van der Waals surface area contributed by atoms with Gasteiger partial charge in [-0.25, -0.2) is 8.78 Å². The minimum absolute atomic E-state index is 0.00610. The highest BCUT2D eigenvalue weighted by atomic mass is 19.2. The first-order chi connectivity index (χ1) is 16.4. The first kappa shape index (κ1) is 24.8. The minimum atomic E-state index is -0.960. The molecule has 4 rings (SSSR count). The molecule has 2 aliphatic carbocycles. The second-order valence-electron chi connectivity index (χ2n) is 9.50. The Morgan fingerprint density at radius 3 is 1.68 bits per heavy atom. The maximum absolute atomic E-state index is 14.8. The lowest BCUT2D eigenvalue weighted by atomic mass is 9.79. The van der Waals surface area contributed by atoms with Gasteiger partial charge in [-0.1, -0.05) is 12.1 Å². The third-order valence-electron chi connectivity index (χ3n) is 7.58. The molecule has 0 N–H and O–H groups in total. The molecule has 0 unspecified atom stereocenters. The predicted molar refractivity (Wildman–Crippen MR) is 121 cm³/mol. The van der Waals surface area contributed by atoms with E-state index < -0.39 is 23.3 Å². The number of hydrogen-bond donors (Lipinski definition) is 0. The number of methoxy groups -OCH3 is 2. The van der Waals surface area contributed by atoms with Crippen LogP contribution < -0.4 is 9.47 Å². The van der Waals surface area contributed by atoms with Crippen molar-refractivity contribution in [3.8, 4) is 11.5 Å². The maximum atomic E-state index is 14.8. The molecule has 7 heteroatoms. The number of ether oxygens (including phenoxy) is 3. The SMILES string of the molecule is COc1ccc(C2CCC(COc3ccc(C4CCC(OC)CC4)c(F)c3F)CC2)c(F)c1F. The summed E-state index contributed by atoms with van der Waals surface area (Å²) in [6.45, 7) is 0.265. The second-order valence-corrected chi connectivity index (χ2v) is 9.50. The maximum Gasteiger partial charge on any atom is 0.200 e. The summed E-state index contributed by atoms with van der Waals surface area (Å²) in [5.41, 5.74) is 0.773. The molecule has 0 spiro atoms. The van der Waals surface area contributed by atoms with Gasteiger partial charge in [-0.15, -0.1) is 0 Å². The van der Waals surface area contributed by atoms with Gasteiger partial charge in [-0.3, -0.25) is 0 Å². The average molecular weight is 481 g/mol. The zero-order valence-corrected chi connectivity index (χ0v) is 19.7. The molecule has 0 aliphatic heterocycles. The second kappa shape index (κ2) is 11.0. The molecule has 2 aromatic rings. The molecule has 34 heavy (non-hydrogen) atoms. The Morgan fingerprint density at radius 1 is 0.647 bits per heavy atom. The quantitative estimate of drug-likeness (QED) is 0.390. The first-order valence-corrected chi connectivity index (χ1v) is 12.1. The van der Waals surface area contributed by atoms with Crippen molar-refractivity contribution >= 4 is 0 Å². The van der Waals surface area contributed by atoms with Gasteiger partial charge in [-0.05, 0) is 92.4 Å². The van der Waals surface area contributed by atoms with Crippen molar-refractivity contribution in [3.05, 3.63) is 58.7 Å². The molecule has 186 valence electrons. The molecule has 2 aromatic carbocycles. The van der Waals surface area contributed by atoms with Crippen LogP contribution >= 0.6 is 0 Å². The largest absolute Gasteiger partial charge is 0.494 e. The summed E-state index contributed by atoms with van der Waals surface area (Å²) < 4.78 is 73.9. The lowest BCUT2D eigenvalue weighted by Crippen LogP contribution is -2.21. The summed E-state index contributed by atoms with van der Waals surface area (Å²) in [5.74, 6) is -3.69. The van der Waals surface area contributed by atoms with Crippen LogP contribution in [0.15, 0.2) is 24.3 Å². The van der Waals surface area contributed by atoms with E-state index in [-0.39, 0.29) is 42.0 Å². The highest BCUT2D eigenvalue weighted by Crippen LogP contribution is 2.40. The van der Waals surface area contributed by atoms with Gasteiger partial charge >= 0.3 is 0 Å². The van der Waals surface area contributed by atoms with Gasteiger partial charge in [0.1, 0.15) is 0 Å². The standard InChI is InChI=1S/C27H32F4O3/c1-32-19-9-7-18(8-10-19)21-12-14-23(27(31)25(21)29)34-15-16-3-5-17(6-4-16)20-11-13-22(33-2)26(30)24(20)28/h11-14,16-19H,3-10,15H2,1-2H3. The highest BCUT2D eigenvalue weighted by Gasteiger charge is 2.29. The molecule has 0 radical (unpaired) electrons. The molecule has 0 bridgehead atoms. The van der Waals surface area contributed by atoms with E-state index in [1.54, 1.807) is 19.2 Å². The van der Waals surface area contributed by atoms with Crippen LogP contribution in [0.25, 0.3) is 0 Å². The van der Waals surface area contributed by atoms with E-state index in [1.165, 1.54) is 19.2 Å². The van der Waals surface area contributed by atoms with E-state index in [1.807, 2.05) is 0 Å². The van der Waals surface area contributed by atoms with Crippen LogP contribution in [-0.2, 0) is 4.74 Å². The number of rotatable bonds is 7. The molecule has 0 atom stereocenters. The van der Waals surface area contributed by atoms with Crippen LogP contribution in [0.4, 0.5) is 17.6 Å². The fraction of sp³-hybridized carbons (Fsp3) is 0.556. The van der Waals surface area contributed by atoms with Gasteiger partial charge in [0.2, 0.25) is 11.6 Å². The van der Waals surface area contributed by atoms with Crippen LogP contribution in [0.1, 0.15) is 74.3 Å². The first-order valence-electron chi connectivity index (χ1n) is 12.1. The van der Waals surface area contributed by atoms with E-state index >= 15 is 0 Å². The molecule has 2 saturated carbocycles. The summed E-state index contributed by atoms with van der Waals surface area (Å²) >= 11 is 0. The number of benzene rings is 2. The van der Waals surface area contributed by atoms with Crippen molar-refractivity contribution in [1.29, 1.82) is 0 Å². The fourth-order valence-corrected chi connectivity index (χ4v) is 5.45. The molecular weight excluding hydrogens is 448 g/mol. The van der Waals surface area contributed by atoms with Crippen molar-refractivity contribution in [2.75, 3.05) is 20.8 Å². The monoisotopic (exact) mass is 480 g/mol. The summed E-state index contributed by atoms with van der Waals surface area (Å²) in [7, 11) is 2.99. The van der Waals surface area contributed by atoms with Gasteiger partial charge in [0, 0.05) is 7.11 Å². The van der Waals surface area contributed by atoms with E-state index in [4.69, 9.17) is 14.2 Å². The molecule has 0 saturated heterocycles. The van der Waals surface area contributed by atoms with Crippen LogP contribution in [0.5, 0.6) is 11.5 Å². The van der Waals surface area contributed by atoms with E-state index in [0.29, 0.717) is 24.0 Å². The molecule has 0 amide bonds. The molecule has 3 nitrogen and oxygen atoms in total. The van der Waals surface area contributed by atoms with E-state index in [0.717, 1.165) is 38.5 Å². The Hall–Kier alpha value is -2.28. The average Bonchev–Trinajstić information content (AvgIpc) is 2.87. The van der Waals surface area contributed by atoms with Crippen LogP contribution in [0.3, 0.4) is 0 Å². The number of halogens is 4.